The van der Waals surface area contributed by atoms with Crippen molar-refractivity contribution < 1.29 is 14.5 Å². The van der Waals surface area contributed by atoms with Crippen molar-refractivity contribution in [3.05, 3.63) is 75.9 Å². The monoisotopic (exact) mass is 340 g/mol. The number of benzene rings is 2. The lowest BCUT2D eigenvalue weighted by Gasteiger charge is -2.11. The normalized spacial score (nSPS) is 10.2. The van der Waals surface area contributed by atoms with E-state index >= 15 is 0 Å². The Kier molecular flexibility index (Phi) is 5.89. The van der Waals surface area contributed by atoms with Gasteiger partial charge >= 0.3 is 0 Å². The molecule has 1 N–H and O–H groups in total. The summed E-state index contributed by atoms with van der Waals surface area (Å²) >= 11 is 0. The third-order valence-corrected chi connectivity index (χ3v) is 3.77. The van der Waals surface area contributed by atoms with Crippen molar-refractivity contribution in [3.8, 4) is 5.75 Å². The van der Waals surface area contributed by atoms with Gasteiger partial charge in [0.25, 0.3) is 11.6 Å². The molecule has 0 heterocycles. The number of nitrogens with one attached hydrogen (secondary N) is 1. The van der Waals surface area contributed by atoms with E-state index in [9.17, 15) is 14.9 Å². The summed E-state index contributed by atoms with van der Waals surface area (Å²) in [6.45, 7) is 7.42. The molecule has 0 unspecified atom stereocenters. The third kappa shape index (κ3) is 4.91. The molecule has 0 aliphatic heterocycles. The van der Waals surface area contributed by atoms with Crippen LogP contribution in [0.1, 0.15) is 16.7 Å². The van der Waals surface area contributed by atoms with Gasteiger partial charge in [0.2, 0.25) is 0 Å². The molecule has 0 bridgehead atoms. The maximum absolute atomic E-state index is 12.1. The van der Waals surface area contributed by atoms with Gasteiger partial charge in [0, 0.05) is 23.4 Å². The number of hydrogen-bond donors (Lipinski definition) is 1. The summed E-state index contributed by atoms with van der Waals surface area (Å²) < 4.78 is 5.53. The molecule has 0 saturated carbocycles. The van der Waals surface area contributed by atoms with E-state index in [2.05, 4.69) is 11.9 Å². The molecule has 0 radical (unpaired) electrons. The van der Waals surface area contributed by atoms with Crippen LogP contribution in [0, 0.1) is 24.0 Å². The number of anilines is 1. The average molecular weight is 340 g/mol. The molecule has 0 aliphatic carbocycles. The number of rotatable bonds is 7. The molecule has 0 atom stereocenters. The maximum atomic E-state index is 12.1. The Morgan fingerprint density at radius 1 is 1.24 bits per heavy atom. The van der Waals surface area contributed by atoms with Crippen molar-refractivity contribution in [1.29, 1.82) is 0 Å². The third-order valence-electron chi connectivity index (χ3n) is 3.77. The zero-order valence-corrected chi connectivity index (χ0v) is 14.2. The lowest BCUT2D eigenvalue weighted by molar-refractivity contribution is -0.384. The molecule has 2 rings (SSSR count). The number of nitro benzene ring substituents is 1. The second-order valence-electron chi connectivity index (χ2n) is 5.68. The molecule has 0 aliphatic rings. The molecule has 0 saturated heterocycles. The van der Waals surface area contributed by atoms with Crippen molar-refractivity contribution in [1.82, 2.24) is 0 Å². The highest BCUT2D eigenvalue weighted by atomic mass is 16.6. The largest absolute Gasteiger partial charge is 0.483 e. The number of carbonyl (C=O) groups is 1. The Morgan fingerprint density at radius 2 is 2.00 bits per heavy atom. The van der Waals surface area contributed by atoms with Gasteiger partial charge < -0.3 is 10.1 Å². The number of allylic oxidation sites excluding steroid dienone is 1. The van der Waals surface area contributed by atoms with Gasteiger partial charge in [0.05, 0.1) is 4.92 Å². The molecule has 0 fully saturated rings. The fraction of sp³-hybridized carbons (Fsp3) is 0.211. The number of non-ortho nitro benzene ring substituents is 1. The molecule has 6 nitrogen and oxygen atoms in total. The summed E-state index contributed by atoms with van der Waals surface area (Å²) in [4.78, 5) is 22.5. The SMILES string of the molecule is C=CCc1cc([N+](=O)[O-])ccc1OCC(=O)Nc1ccc(C)c(C)c1. The fourth-order valence-corrected chi connectivity index (χ4v) is 2.29. The number of ether oxygens (including phenoxy) is 1. The van der Waals surface area contributed by atoms with Crippen LogP contribution in [0.2, 0.25) is 0 Å². The summed E-state index contributed by atoms with van der Waals surface area (Å²) in [7, 11) is 0. The highest BCUT2D eigenvalue weighted by Crippen LogP contribution is 2.25. The van der Waals surface area contributed by atoms with Crippen LogP contribution in [0.25, 0.3) is 0 Å². The summed E-state index contributed by atoms with van der Waals surface area (Å²) in [6, 6.07) is 9.93. The van der Waals surface area contributed by atoms with Crippen molar-refractivity contribution in [3.63, 3.8) is 0 Å². The number of carbonyl (C=O) groups excluding carboxylic acids is 1. The number of amides is 1. The second-order valence-corrected chi connectivity index (χ2v) is 5.68. The van der Waals surface area contributed by atoms with Gasteiger partial charge in [-0.2, -0.15) is 0 Å². The van der Waals surface area contributed by atoms with E-state index in [0.717, 1.165) is 11.1 Å². The highest BCUT2D eigenvalue weighted by Gasteiger charge is 2.12. The van der Waals surface area contributed by atoms with Crippen molar-refractivity contribution in [2.45, 2.75) is 20.3 Å². The Labute approximate surface area is 146 Å². The Balaban J connectivity index is 2.04. The van der Waals surface area contributed by atoms with E-state index in [-0.39, 0.29) is 18.2 Å². The first-order chi connectivity index (χ1) is 11.9. The first-order valence-corrected chi connectivity index (χ1v) is 7.79. The zero-order valence-electron chi connectivity index (χ0n) is 14.2. The molecule has 2 aromatic rings. The predicted octanol–water partition coefficient (Wildman–Crippen LogP) is 3.96. The highest BCUT2D eigenvalue weighted by molar-refractivity contribution is 5.92. The zero-order chi connectivity index (χ0) is 18.4. The van der Waals surface area contributed by atoms with Gasteiger partial charge in [-0.05, 0) is 49.6 Å². The van der Waals surface area contributed by atoms with Crippen LogP contribution in [0.4, 0.5) is 11.4 Å². The van der Waals surface area contributed by atoms with E-state index in [1.165, 1.54) is 18.2 Å². The Morgan fingerprint density at radius 3 is 2.64 bits per heavy atom. The average Bonchev–Trinajstić information content (AvgIpc) is 2.57. The van der Waals surface area contributed by atoms with Crippen LogP contribution in [-0.4, -0.2) is 17.4 Å². The topological polar surface area (TPSA) is 81.5 Å². The second kappa shape index (κ2) is 8.10. The van der Waals surface area contributed by atoms with E-state index in [4.69, 9.17) is 4.74 Å². The minimum absolute atomic E-state index is 0.0243. The molecule has 25 heavy (non-hydrogen) atoms. The van der Waals surface area contributed by atoms with Gasteiger partial charge in [0.15, 0.2) is 6.61 Å². The van der Waals surface area contributed by atoms with Crippen LogP contribution < -0.4 is 10.1 Å². The van der Waals surface area contributed by atoms with Crippen LogP contribution in [-0.2, 0) is 11.2 Å². The Hall–Kier alpha value is -3.15. The van der Waals surface area contributed by atoms with Crippen LogP contribution >= 0.6 is 0 Å². The number of aryl methyl sites for hydroxylation is 2. The molecule has 6 heteroatoms. The minimum atomic E-state index is -0.469. The van der Waals surface area contributed by atoms with Crippen LogP contribution in [0.5, 0.6) is 5.75 Å². The molecular formula is C19H20N2O4. The van der Waals surface area contributed by atoms with Gasteiger partial charge in [-0.1, -0.05) is 12.1 Å². The standard InChI is InChI=1S/C19H20N2O4/c1-4-5-15-11-17(21(23)24)8-9-18(15)25-12-19(22)20-16-7-6-13(2)14(3)10-16/h4,6-11H,1,5,12H2,2-3H3,(H,20,22). The van der Waals surface area contributed by atoms with E-state index in [1.54, 1.807) is 6.08 Å². The quantitative estimate of drug-likeness (QED) is 0.470. The summed E-state index contributed by atoms with van der Waals surface area (Å²) in [5, 5.41) is 13.6. The molecule has 2 aromatic carbocycles. The first kappa shape index (κ1) is 18.2. The lowest BCUT2D eigenvalue weighted by Crippen LogP contribution is -2.20. The lowest BCUT2D eigenvalue weighted by atomic mass is 10.1. The van der Waals surface area contributed by atoms with E-state index < -0.39 is 4.92 Å². The summed E-state index contributed by atoms with van der Waals surface area (Å²) in [6.07, 6.45) is 2.04. The number of nitro groups is 1. The van der Waals surface area contributed by atoms with E-state index in [0.29, 0.717) is 23.4 Å². The first-order valence-electron chi connectivity index (χ1n) is 7.79. The molecule has 0 aromatic heterocycles. The Bertz CT molecular complexity index is 815. The fourth-order valence-electron chi connectivity index (χ4n) is 2.29. The maximum Gasteiger partial charge on any atom is 0.269 e. The van der Waals surface area contributed by atoms with E-state index in [1.807, 2.05) is 32.0 Å². The number of nitrogens with zero attached hydrogens (tertiary/aromatic N) is 1. The molecule has 1 amide bonds. The van der Waals surface area contributed by atoms with Crippen molar-refractivity contribution in [2.24, 2.45) is 0 Å². The van der Waals surface area contributed by atoms with Crippen LogP contribution in [0.15, 0.2) is 49.1 Å². The molecular weight excluding hydrogens is 320 g/mol. The van der Waals surface area contributed by atoms with Crippen LogP contribution in [0.3, 0.4) is 0 Å². The van der Waals surface area contributed by atoms with Gasteiger partial charge in [-0.3, -0.25) is 14.9 Å². The van der Waals surface area contributed by atoms with Gasteiger partial charge in [0.1, 0.15) is 5.75 Å². The van der Waals surface area contributed by atoms with Crippen molar-refractivity contribution in [2.75, 3.05) is 11.9 Å². The summed E-state index contributed by atoms with van der Waals surface area (Å²) in [5.41, 5.74) is 3.52. The number of hydrogen-bond acceptors (Lipinski definition) is 4. The van der Waals surface area contributed by atoms with Gasteiger partial charge in [-0.25, -0.2) is 0 Å². The van der Waals surface area contributed by atoms with Gasteiger partial charge in [-0.15, -0.1) is 6.58 Å². The molecule has 130 valence electrons. The minimum Gasteiger partial charge on any atom is -0.483 e. The molecule has 0 spiro atoms. The van der Waals surface area contributed by atoms with Crippen molar-refractivity contribution >= 4 is 17.3 Å². The summed E-state index contributed by atoms with van der Waals surface area (Å²) in [5.74, 6) is 0.131. The predicted molar refractivity (Wildman–Crippen MR) is 97.0 cm³/mol. The smallest absolute Gasteiger partial charge is 0.269 e.